The predicted octanol–water partition coefficient (Wildman–Crippen LogP) is 6.62. The third kappa shape index (κ3) is 5.22. The quantitative estimate of drug-likeness (QED) is 0.318. The third-order valence-corrected chi connectivity index (χ3v) is 5.61. The number of carbonyl (C=O) groups is 1. The molecule has 8 heteroatoms. The maximum Gasteiger partial charge on any atom is 0.340 e. The van der Waals surface area contributed by atoms with E-state index in [0.29, 0.717) is 5.82 Å². The second-order valence-corrected chi connectivity index (χ2v) is 9.38. The lowest BCUT2D eigenvalue weighted by atomic mass is 9.95. The number of hydrogen-bond acceptors (Lipinski definition) is 6. The van der Waals surface area contributed by atoms with Gasteiger partial charge in [0.25, 0.3) is 0 Å². The van der Waals surface area contributed by atoms with Crippen LogP contribution in [-0.4, -0.2) is 28.0 Å². The van der Waals surface area contributed by atoms with Crippen LogP contribution in [0.5, 0.6) is 0 Å². The Balaban J connectivity index is 1.75. The summed E-state index contributed by atoms with van der Waals surface area (Å²) >= 11 is 0. The van der Waals surface area contributed by atoms with Crippen molar-refractivity contribution in [2.24, 2.45) is 0 Å². The Morgan fingerprint density at radius 1 is 0.972 bits per heavy atom. The van der Waals surface area contributed by atoms with Crippen molar-refractivity contribution < 1.29 is 18.3 Å². The molecule has 0 aliphatic rings. The van der Waals surface area contributed by atoms with Crippen LogP contribution < -0.4 is 5.32 Å². The highest BCUT2D eigenvalue weighted by atomic mass is 19.1. The highest BCUT2D eigenvalue weighted by molar-refractivity contribution is 5.96. The zero-order chi connectivity index (χ0) is 26.0. The number of aromatic nitrogens is 3. The molecule has 0 spiro atoms. The predicted molar refractivity (Wildman–Crippen MR) is 135 cm³/mol. The molecule has 1 N–H and O–H groups in total. The zero-order valence-corrected chi connectivity index (χ0v) is 20.7. The minimum atomic E-state index is -0.832. The number of nitrogens with one attached hydrogen (secondary N) is 1. The van der Waals surface area contributed by atoms with Crippen molar-refractivity contribution in [1.82, 2.24) is 15.0 Å². The van der Waals surface area contributed by atoms with Crippen LogP contribution in [0.2, 0.25) is 0 Å². The summed E-state index contributed by atoms with van der Waals surface area (Å²) in [7, 11) is 1.23. The van der Waals surface area contributed by atoms with E-state index in [0.717, 1.165) is 40.5 Å². The van der Waals surface area contributed by atoms with Crippen LogP contribution in [0.4, 0.5) is 20.3 Å². The van der Waals surface area contributed by atoms with Crippen molar-refractivity contribution in [2.75, 3.05) is 12.4 Å². The Kier molecular flexibility index (Phi) is 6.79. The van der Waals surface area contributed by atoms with Crippen LogP contribution in [0.15, 0.2) is 60.8 Å². The Bertz CT molecular complexity index is 1450. The summed E-state index contributed by atoms with van der Waals surface area (Å²) in [6.07, 6.45) is 1.74. The van der Waals surface area contributed by atoms with Crippen molar-refractivity contribution in [3.63, 3.8) is 0 Å². The number of halogens is 2. The average molecular weight is 489 g/mol. The van der Waals surface area contributed by atoms with Gasteiger partial charge in [-0.15, -0.1) is 0 Å². The normalized spacial score (nSPS) is 11.3. The van der Waals surface area contributed by atoms with Crippen LogP contribution in [0.1, 0.15) is 42.5 Å². The maximum atomic E-state index is 14.6. The smallest absolute Gasteiger partial charge is 0.340 e. The number of rotatable bonds is 5. The molecule has 0 amide bonds. The first-order valence-corrected chi connectivity index (χ1v) is 11.3. The first-order chi connectivity index (χ1) is 17.1. The summed E-state index contributed by atoms with van der Waals surface area (Å²) in [5, 5.41) is 3.25. The SMILES string of the molecule is COC(=O)c1ccc(Nc2cc(-c3ccnc(C(C)(C)C)n3)ccc2C)nc1-c1ccc(F)cc1F. The van der Waals surface area contributed by atoms with Gasteiger partial charge in [-0.05, 0) is 48.9 Å². The van der Waals surface area contributed by atoms with Gasteiger partial charge in [0.1, 0.15) is 23.3 Å². The molecule has 4 rings (SSSR count). The van der Waals surface area contributed by atoms with E-state index in [-0.39, 0.29) is 22.2 Å². The van der Waals surface area contributed by atoms with E-state index in [2.05, 4.69) is 36.1 Å². The first kappa shape index (κ1) is 24.9. The fourth-order valence-electron chi connectivity index (χ4n) is 3.63. The minimum absolute atomic E-state index is 0.0124. The monoisotopic (exact) mass is 488 g/mol. The van der Waals surface area contributed by atoms with Crippen molar-refractivity contribution >= 4 is 17.5 Å². The summed E-state index contributed by atoms with van der Waals surface area (Å²) in [6.45, 7) is 8.11. The van der Waals surface area contributed by atoms with Gasteiger partial charge >= 0.3 is 5.97 Å². The molecular weight excluding hydrogens is 462 g/mol. The van der Waals surface area contributed by atoms with Crippen molar-refractivity contribution in [3.8, 4) is 22.5 Å². The number of methoxy groups -OCH3 is 1. The van der Waals surface area contributed by atoms with Gasteiger partial charge in [0.2, 0.25) is 0 Å². The zero-order valence-electron chi connectivity index (χ0n) is 20.7. The molecule has 0 fully saturated rings. The van der Waals surface area contributed by atoms with E-state index in [4.69, 9.17) is 9.72 Å². The highest BCUT2D eigenvalue weighted by Crippen LogP contribution is 2.31. The van der Waals surface area contributed by atoms with Gasteiger partial charge in [0.15, 0.2) is 0 Å². The summed E-state index contributed by atoms with van der Waals surface area (Å²) in [5.74, 6) is -1.12. The number of carbonyl (C=O) groups excluding carboxylic acids is 1. The number of hydrogen-bond donors (Lipinski definition) is 1. The molecule has 0 atom stereocenters. The molecule has 0 aliphatic carbocycles. The second-order valence-electron chi connectivity index (χ2n) is 9.38. The van der Waals surface area contributed by atoms with E-state index in [1.165, 1.54) is 19.2 Å². The molecular formula is C28H26F2N4O2. The third-order valence-electron chi connectivity index (χ3n) is 5.61. The van der Waals surface area contributed by atoms with Crippen LogP contribution in [0, 0.1) is 18.6 Å². The number of ether oxygens (including phenoxy) is 1. The molecule has 184 valence electrons. The molecule has 2 aromatic carbocycles. The molecule has 2 aromatic heterocycles. The standard InChI is InChI=1S/C28H26F2N4O2/c1-16-6-7-17(22-12-13-31-27(33-22)28(2,3)4)14-23(16)32-24-11-10-20(26(35)36-5)25(34-24)19-9-8-18(29)15-21(19)30/h6-15H,1-5H3,(H,32,34). The molecule has 0 aliphatic heterocycles. The number of nitrogens with zero attached hydrogens (tertiary/aromatic N) is 3. The van der Waals surface area contributed by atoms with Crippen LogP contribution in [-0.2, 0) is 10.2 Å². The van der Waals surface area contributed by atoms with Gasteiger partial charge in [-0.25, -0.2) is 28.5 Å². The molecule has 0 saturated heterocycles. The Hall–Kier alpha value is -4.20. The molecule has 0 saturated carbocycles. The summed E-state index contributed by atoms with van der Waals surface area (Å²) in [5.41, 5.74) is 3.26. The topological polar surface area (TPSA) is 77.0 Å². The van der Waals surface area contributed by atoms with Crippen LogP contribution >= 0.6 is 0 Å². The fraction of sp³-hybridized carbons (Fsp3) is 0.214. The van der Waals surface area contributed by atoms with Crippen molar-refractivity contribution in [2.45, 2.75) is 33.1 Å². The molecule has 6 nitrogen and oxygen atoms in total. The molecule has 0 unspecified atom stereocenters. The number of pyridine rings is 1. The van der Waals surface area contributed by atoms with Crippen LogP contribution in [0.3, 0.4) is 0 Å². The lowest BCUT2D eigenvalue weighted by Gasteiger charge is -2.17. The van der Waals surface area contributed by atoms with Gasteiger partial charge < -0.3 is 10.1 Å². The largest absolute Gasteiger partial charge is 0.465 e. The Labute approximate surface area is 208 Å². The molecule has 0 bridgehead atoms. The lowest BCUT2D eigenvalue weighted by molar-refractivity contribution is 0.0601. The molecule has 2 heterocycles. The first-order valence-electron chi connectivity index (χ1n) is 11.3. The summed E-state index contributed by atoms with van der Waals surface area (Å²) in [6, 6.07) is 13.9. The van der Waals surface area contributed by atoms with Gasteiger partial charge in [0.05, 0.1) is 24.1 Å². The summed E-state index contributed by atoms with van der Waals surface area (Å²) < 4.78 is 32.9. The van der Waals surface area contributed by atoms with E-state index >= 15 is 0 Å². The maximum absolute atomic E-state index is 14.6. The number of benzene rings is 2. The van der Waals surface area contributed by atoms with E-state index in [9.17, 15) is 13.6 Å². The van der Waals surface area contributed by atoms with Gasteiger partial charge in [-0.1, -0.05) is 32.9 Å². The van der Waals surface area contributed by atoms with E-state index < -0.39 is 17.6 Å². The van der Waals surface area contributed by atoms with Crippen molar-refractivity contribution in [1.29, 1.82) is 0 Å². The Morgan fingerprint density at radius 3 is 2.44 bits per heavy atom. The second kappa shape index (κ2) is 9.81. The lowest BCUT2D eigenvalue weighted by Crippen LogP contribution is -2.16. The number of anilines is 2. The number of esters is 1. The van der Waals surface area contributed by atoms with Gasteiger partial charge in [0, 0.05) is 34.5 Å². The molecule has 36 heavy (non-hydrogen) atoms. The van der Waals surface area contributed by atoms with Gasteiger partial charge in [-0.2, -0.15) is 0 Å². The average Bonchev–Trinajstić information content (AvgIpc) is 2.84. The molecule has 4 aromatic rings. The Morgan fingerprint density at radius 2 is 1.75 bits per heavy atom. The summed E-state index contributed by atoms with van der Waals surface area (Å²) in [4.78, 5) is 25.9. The minimum Gasteiger partial charge on any atom is -0.465 e. The molecule has 0 radical (unpaired) electrons. The number of aryl methyl sites for hydroxylation is 1. The van der Waals surface area contributed by atoms with Crippen molar-refractivity contribution in [3.05, 3.63) is 89.4 Å². The fourth-order valence-corrected chi connectivity index (χ4v) is 3.63. The highest BCUT2D eigenvalue weighted by Gasteiger charge is 2.20. The van der Waals surface area contributed by atoms with E-state index in [1.807, 2.05) is 31.2 Å². The van der Waals surface area contributed by atoms with Gasteiger partial charge in [-0.3, -0.25) is 0 Å². The van der Waals surface area contributed by atoms with Crippen LogP contribution in [0.25, 0.3) is 22.5 Å². The van der Waals surface area contributed by atoms with E-state index in [1.54, 1.807) is 12.3 Å².